The van der Waals surface area contributed by atoms with E-state index in [0.717, 1.165) is 23.6 Å². The third kappa shape index (κ3) is 4.20. The van der Waals surface area contributed by atoms with Crippen LogP contribution in [-0.4, -0.2) is 6.04 Å². The van der Waals surface area contributed by atoms with Crippen LogP contribution in [0, 0.1) is 5.82 Å². The molecule has 2 aromatic rings. The number of unbranched alkanes of at least 4 members (excludes halogenated alkanes) is 1. The minimum atomic E-state index is -0.230. The Kier molecular flexibility index (Phi) is 5.36. The predicted octanol–water partition coefficient (Wildman–Crippen LogP) is 4.75. The molecule has 0 aliphatic carbocycles. The number of nitrogens with one attached hydrogen (secondary N) is 1. The maximum absolute atomic E-state index is 12.9. The van der Waals surface area contributed by atoms with Crippen LogP contribution >= 0.6 is 0 Å². The lowest BCUT2D eigenvalue weighted by atomic mass is 10.1. The lowest BCUT2D eigenvalue weighted by molar-refractivity contribution is 0.442. The van der Waals surface area contributed by atoms with Crippen LogP contribution < -0.4 is 5.32 Å². The molecule has 3 heteroatoms. The van der Waals surface area contributed by atoms with Crippen LogP contribution in [0.2, 0.25) is 0 Å². The minimum Gasteiger partial charge on any atom is -0.460 e. The van der Waals surface area contributed by atoms with E-state index in [2.05, 4.69) is 19.2 Å². The molecule has 0 amide bonds. The third-order valence-corrected chi connectivity index (χ3v) is 3.41. The smallest absolute Gasteiger partial charge is 0.134 e. The second-order valence-corrected chi connectivity index (χ2v) is 5.20. The van der Waals surface area contributed by atoms with Gasteiger partial charge in [-0.2, -0.15) is 0 Å². The van der Waals surface area contributed by atoms with Crippen LogP contribution in [-0.2, 0) is 6.54 Å². The normalized spacial score (nSPS) is 12.6. The predicted molar refractivity (Wildman–Crippen MR) is 79.9 cm³/mol. The Hall–Kier alpha value is -1.61. The molecule has 1 aromatic carbocycles. The van der Waals surface area contributed by atoms with Gasteiger partial charge in [-0.1, -0.05) is 19.8 Å². The fraction of sp³-hybridized carbons (Fsp3) is 0.412. The summed E-state index contributed by atoms with van der Waals surface area (Å²) in [7, 11) is 0. The van der Waals surface area contributed by atoms with Crippen molar-refractivity contribution < 1.29 is 8.81 Å². The lowest BCUT2D eigenvalue weighted by Crippen LogP contribution is -2.24. The number of rotatable bonds is 7. The van der Waals surface area contributed by atoms with Crippen LogP contribution in [0.4, 0.5) is 4.39 Å². The van der Waals surface area contributed by atoms with Crippen LogP contribution in [0.1, 0.15) is 38.9 Å². The summed E-state index contributed by atoms with van der Waals surface area (Å²) >= 11 is 0. The van der Waals surface area contributed by atoms with Crippen molar-refractivity contribution in [1.29, 1.82) is 0 Å². The van der Waals surface area contributed by atoms with E-state index in [9.17, 15) is 4.39 Å². The zero-order valence-electron chi connectivity index (χ0n) is 12.2. The molecular weight excluding hydrogens is 253 g/mol. The van der Waals surface area contributed by atoms with Crippen molar-refractivity contribution in [1.82, 2.24) is 5.32 Å². The standard InChI is InChI=1S/C17H22FNO/c1-3-4-5-13(2)19-12-16-10-11-17(20-16)14-6-8-15(18)9-7-14/h6-11,13,19H,3-5,12H2,1-2H3. The molecule has 0 saturated heterocycles. The Morgan fingerprint density at radius 2 is 1.90 bits per heavy atom. The molecule has 0 saturated carbocycles. The summed E-state index contributed by atoms with van der Waals surface area (Å²) < 4.78 is 18.7. The van der Waals surface area contributed by atoms with Gasteiger partial charge in [0.1, 0.15) is 17.3 Å². The highest BCUT2D eigenvalue weighted by Crippen LogP contribution is 2.22. The lowest BCUT2D eigenvalue weighted by Gasteiger charge is -2.11. The van der Waals surface area contributed by atoms with E-state index in [1.54, 1.807) is 12.1 Å². The monoisotopic (exact) mass is 275 g/mol. The Balaban J connectivity index is 1.90. The first kappa shape index (κ1) is 14.8. The van der Waals surface area contributed by atoms with Crippen LogP contribution in [0.15, 0.2) is 40.8 Å². The molecule has 1 N–H and O–H groups in total. The summed E-state index contributed by atoms with van der Waals surface area (Å²) in [6, 6.07) is 10.8. The van der Waals surface area contributed by atoms with Crippen molar-refractivity contribution in [2.45, 2.75) is 45.7 Å². The molecule has 0 aliphatic heterocycles. The van der Waals surface area contributed by atoms with E-state index in [1.807, 2.05) is 12.1 Å². The molecule has 20 heavy (non-hydrogen) atoms. The molecular formula is C17H22FNO. The summed E-state index contributed by atoms with van der Waals surface area (Å²) in [5.74, 6) is 1.46. The largest absolute Gasteiger partial charge is 0.460 e. The third-order valence-electron chi connectivity index (χ3n) is 3.41. The van der Waals surface area contributed by atoms with Crippen molar-refractivity contribution in [3.8, 4) is 11.3 Å². The molecule has 0 radical (unpaired) electrons. The highest BCUT2D eigenvalue weighted by molar-refractivity contribution is 5.57. The summed E-state index contributed by atoms with van der Waals surface area (Å²) in [5, 5.41) is 3.45. The number of halogens is 1. The van der Waals surface area contributed by atoms with E-state index >= 15 is 0 Å². The quantitative estimate of drug-likeness (QED) is 0.788. The molecule has 1 atom stereocenters. The topological polar surface area (TPSA) is 25.2 Å². The van der Waals surface area contributed by atoms with Gasteiger partial charge in [0.25, 0.3) is 0 Å². The summed E-state index contributed by atoms with van der Waals surface area (Å²) in [5.41, 5.74) is 0.900. The van der Waals surface area contributed by atoms with Crippen LogP contribution in [0.5, 0.6) is 0 Å². The fourth-order valence-electron chi connectivity index (χ4n) is 2.13. The van der Waals surface area contributed by atoms with Gasteiger partial charge < -0.3 is 9.73 Å². The minimum absolute atomic E-state index is 0.230. The second-order valence-electron chi connectivity index (χ2n) is 5.20. The Morgan fingerprint density at radius 1 is 1.15 bits per heavy atom. The molecule has 108 valence electrons. The van der Waals surface area contributed by atoms with Crippen LogP contribution in [0.25, 0.3) is 11.3 Å². The molecule has 2 rings (SSSR count). The average molecular weight is 275 g/mol. The Labute approximate surface area is 120 Å². The Bertz CT molecular complexity index is 518. The summed E-state index contributed by atoms with van der Waals surface area (Å²) in [6.07, 6.45) is 3.65. The van der Waals surface area contributed by atoms with Gasteiger partial charge in [0.2, 0.25) is 0 Å². The molecule has 0 spiro atoms. The van der Waals surface area contributed by atoms with Gasteiger partial charge in [-0.15, -0.1) is 0 Å². The van der Waals surface area contributed by atoms with E-state index < -0.39 is 0 Å². The van der Waals surface area contributed by atoms with Crippen molar-refractivity contribution >= 4 is 0 Å². The first-order chi connectivity index (χ1) is 9.69. The zero-order chi connectivity index (χ0) is 14.4. The molecule has 0 fully saturated rings. The molecule has 1 unspecified atom stereocenters. The maximum Gasteiger partial charge on any atom is 0.134 e. The van der Waals surface area contributed by atoms with Gasteiger partial charge in [-0.05, 0) is 49.7 Å². The first-order valence-electron chi connectivity index (χ1n) is 7.27. The van der Waals surface area contributed by atoms with Gasteiger partial charge in [-0.3, -0.25) is 0 Å². The Morgan fingerprint density at radius 3 is 2.60 bits per heavy atom. The second kappa shape index (κ2) is 7.25. The molecule has 2 nitrogen and oxygen atoms in total. The number of benzene rings is 1. The number of hydrogen-bond donors (Lipinski definition) is 1. The maximum atomic E-state index is 12.9. The summed E-state index contributed by atoms with van der Waals surface area (Å²) in [6.45, 7) is 5.12. The molecule has 0 aliphatic rings. The van der Waals surface area contributed by atoms with E-state index in [1.165, 1.54) is 31.4 Å². The van der Waals surface area contributed by atoms with Gasteiger partial charge in [-0.25, -0.2) is 4.39 Å². The molecule has 1 aromatic heterocycles. The number of hydrogen-bond acceptors (Lipinski definition) is 2. The van der Waals surface area contributed by atoms with Gasteiger partial charge in [0.15, 0.2) is 0 Å². The van der Waals surface area contributed by atoms with Gasteiger partial charge in [0, 0.05) is 11.6 Å². The number of furan rings is 1. The van der Waals surface area contributed by atoms with E-state index in [0.29, 0.717) is 6.04 Å². The van der Waals surface area contributed by atoms with Crippen molar-refractivity contribution in [2.75, 3.05) is 0 Å². The van der Waals surface area contributed by atoms with Crippen molar-refractivity contribution in [2.24, 2.45) is 0 Å². The van der Waals surface area contributed by atoms with Gasteiger partial charge in [0.05, 0.1) is 6.54 Å². The van der Waals surface area contributed by atoms with E-state index in [-0.39, 0.29) is 5.82 Å². The van der Waals surface area contributed by atoms with E-state index in [4.69, 9.17) is 4.42 Å². The average Bonchev–Trinajstić information content (AvgIpc) is 2.92. The highest BCUT2D eigenvalue weighted by atomic mass is 19.1. The SMILES string of the molecule is CCCCC(C)NCc1ccc(-c2ccc(F)cc2)o1. The molecule has 1 heterocycles. The zero-order valence-corrected chi connectivity index (χ0v) is 12.2. The molecule has 0 bridgehead atoms. The van der Waals surface area contributed by atoms with Crippen molar-refractivity contribution in [3.63, 3.8) is 0 Å². The van der Waals surface area contributed by atoms with Gasteiger partial charge >= 0.3 is 0 Å². The van der Waals surface area contributed by atoms with Crippen LogP contribution in [0.3, 0.4) is 0 Å². The fourth-order valence-corrected chi connectivity index (χ4v) is 2.13. The first-order valence-corrected chi connectivity index (χ1v) is 7.27. The highest BCUT2D eigenvalue weighted by Gasteiger charge is 2.06. The van der Waals surface area contributed by atoms with Crippen molar-refractivity contribution in [3.05, 3.63) is 48.0 Å². The summed E-state index contributed by atoms with van der Waals surface area (Å²) in [4.78, 5) is 0.